The number of aliphatic hydroxyl groups excluding tert-OH is 1. The molecule has 0 unspecified atom stereocenters. The summed E-state index contributed by atoms with van der Waals surface area (Å²) >= 11 is 0. The van der Waals surface area contributed by atoms with Crippen molar-refractivity contribution in [3.8, 4) is 17.6 Å². The fraction of sp³-hybridized carbons (Fsp3) is 0.200. The first-order valence-electron chi connectivity index (χ1n) is 5.97. The van der Waals surface area contributed by atoms with E-state index in [1.807, 2.05) is 24.3 Å². The summed E-state index contributed by atoms with van der Waals surface area (Å²) in [5.41, 5.74) is 0.798. The van der Waals surface area contributed by atoms with Gasteiger partial charge in [-0.3, -0.25) is 0 Å². The lowest BCUT2D eigenvalue weighted by atomic mass is 10.2. The smallest absolute Gasteiger partial charge is 0.166 e. The van der Waals surface area contributed by atoms with E-state index in [9.17, 15) is 0 Å². The summed E-state index contributed by atoms with van der Waals surface area (Å²) in [5, 5.41) is 8.72. The molecule has 0 aliphatic rings. The van der Waals surface area contributed by atoms with Gasteiger partial charge in [0.05, 0.1) is 12.2 Å². The zero-order valence-electron chi connectivity index (χ0n) is 10.4. The van der Waals surface area contributed by atoms with Crippen LogP contribution in [0.15, 0.2) is 42.7 Å². The van der Waals surface area contributed by atoms with Crippen molar-refractivity contribution in [1.82, 2.24) is 9.97 Å². The van der Waals surface area contributed by atoms with Crippen LogP contribution in [-0.2, 0) is 6.61 Å². The minimum Gasteiger partial charge on any atom is -0.484 e. The second kappa shape index (κ2) is 7.14. The summed E-state index contributed by atoms with van der Waals surface area (Å²) in [5.74, 6) is 7.17. The van der Waals surface area contributed by atoms with Crippen LogP contribution < -0.4 is 4.74 Å². The van der Waals surface area contributed by atoms with Gasteiger partial charge in [-0.25, -0.2) is 9.97 Å². The molecular weight excluding hydrogens is 240 g/mol. The Morgan fingerprint density at radius 3 is 2.68 bits per heavy atom. The molecule has 0 saturated heterocycles. The number of benzene rings is 1. The van der Waals surface area contributed by atoms with Crippen LogP contribution in [0.5, 0.6) is 5.75 Å². The molecule has 0 aliphatic carbocycles. The largest absolute Gasteiger partial charge is 0.484 e. The molecule has 1 heterocycles. The van der Waals surface area contributed by atoms with Gasteiger partial charge in [0, 0.05) is 18.8 Å². The highest BCUT2D eigenvalue weighted by Crippen LogP contribution is 2.17. The number of aliphatic hydroxyl groups is 1. The molecule has 0 amide bonds. The molecule has 2 rings (SSSR count). The monoisotopic (exact) mass is 254 g/mol. The van der Waals surface area contributed by atoms with Crippen molar-refractivity contribution in [3.63, 3.8) is 0 Å². The molecule has 0 atom stereocenters. The highest BCUT2D eigenvalue weighted by molar-refractivity contribution is 5.45. The molecule has 4 nitrogen and oxygen atoms in total. The number of ether oxygens (including phenoxy) is 1. The molecule has 2 aromatic rings. The van der Waals surface area contributed by atoms with Crippen molar-refractivity contribution in [2.24, 2.45) is 0 Å². The first-order chi connectivity index (χ1) is 9.40. The first-order valence-corrected chi connectivity index (χ1v) is 5.97. The average Bonchev–Trinajstić information content (AvgIpc) is 2.48. The molecule has 0 spiro atoms. The second-order valence-corrected chi connectivity index (χ2v) is 3.73. The number of para-hydroxylation sites is 1. The van der Waals surface area contributed by atoms with E-state index in [1.54, 1.807) is 18.5 Å². The molecular formula is C15H14N2O2. The van der Waals surface area contributed by atoms with Gasteiger partial charge in [0.25, 0.3) is 0 Å². The quantitative estimate of drug-likeness (QED) is 0.845. The van der Waals surface area contributed by atoms with Crippen LogP contribution in [0.1, 0.15) is 17.8 Å². The van der Waals surface area contributed by atoms with E-state index in [1.165, 1.54) is 0 Å². The van der Waals surface area contributed by atoms with Gasteiger partial charge in [-0.05, 0) is 18.2 Å². The van der Waals surface area contributed by atoms with Crippen molar-refractivity contribution in [2.45, 2.75) is 13.0 Å². The zero-order valence-corrected chi connectivity index (χ0v) is 10.4. The lowest BCUT2D eigenvalue weighted by Gasteiger charge is -2.06. The van der Waals surface area contributed by atoms with Crippen molar-refractivity contribution >= 4 is 0 Å². The summed E-state index contributed by atoms with van der Waals surface area (Å²) in [4.78, 5) is 8.19. The van der Waals surface area contributed by atoms with Gasteiger partial charge >= 0.3 is 0 Å². The molecule has 96 valence electrons. The first kappa shape index (κ1) is 13.1. The van der Waals surface area contributed by atoms with Crippen molar-refractivity contribution in [1.29, 1.82) is 0 Å². The Morgan fingerprint density at radius 2 is 1.89 bits per heavy atom. The van der Waals surface area contributed by atoms with E-state index in [0.29, 0.717) is 24.6 Å². The predicted molar refractivity (Wildman–Crippen MR) is 71.4 cm³/mol. The minimum absolute atomic E-state index is 0.0634. The third-order valence-electron chi connectivity index (χ3n) is 2.32. The maximum atomic E-state index is 8.72. The fourth-order valence-electron chi connectivity index (χ4n) is 1.46. The van der Waals surface area contributed by atoms with E-state index in [2.05, 4.69) is 21.8 Å². The summed E-state index contributed by atoms with van der Waals surface area (Å²) in [6.07, 6.45) is 3.81. The lowest BCUT2D eigenvalue weighted by Crippen LogP contribution is -2.01. The van der Waals surface area contributed by atoms with E-state index in [-0.39, 0.29) is 6.61 Å². The Morgan fingerprint density at radius 1 is 1.11 bits per heavy atom. The lowest BCUT2D eigenvalue weighted by molar-refractivity contribution is 0.295. The van der Waals surface area contributed by atoms with Crippen LogP contribution in [0.25, 0.3) is 0 Å². The van der Waals surface area contributed by atoms with Gasteiger partial charge in [0.15, 0.2) is 5.82 Å². The molecule has 1 aromatic heterocycles. The number of rotatable bonds is 4. The maximum absolute atomic E-state index is 8.72. The van der Waals surface area contributed by atoms with Gasteiger partial charge in [-0.2, -0.15) is 0 Å². The number of hydrogen-bond acceptors (Lipinski definition) is 4. The van der Waals surface area contributed by atoms with Gasteiger partial charge in [0.2, 0.25) is 0 Å². The van der Waals surface area contributed by atoms with Gasteiger partial charge in [0.1, 0.15) is 12.4 Å². The summed E-state index contributed by atoms with van der Waals surface area (Å²) in [6.45, 7) is 0.368. The van der Waals surface area contributed by atoms with Gasteiger partial charge < -0.3 is 9.84 Å². The van der Waals surface area contributed by atoms with E-state index < -0.39 is 0 Å². The molecule has 0 radical (unpaired) electrons. The summed E-state index contributed by atoms with van der Waals surface area (Å²) in [6, 6.07) is 9.28. The van der Waals surface area contributed by atoms with E-state index >= 15 is 0 Å². The number of aromatic nitrogens is 2. The number of nitrogens with zero attached hydrogens (tertiary/aromatic N) is 2. The van der Waals surface area contributed by atoms with Crippen LogP contribution in [0.3, 0.4) is 0 Å². The van der Waals surface area contributed by atoms with Crippen LogP contribution >= 0.6 is 0 Å². The molecule has 0 aliphatic heterocycles. The summed E-state index contributed by atoms with van der Waals surface area (Å²) in [7, 11) is 0. The normalized spacial score (nSPS) is 9.53. The molecule has 19 heavy (non-hydrogen) atoms. The minimum atomic E-state index is 0.0634. The molecule has 0 fully saturated rings. The highest BCUT2D eigenvalue weighted by Gasteiger charge is 2.01. The fourth-order valence-corrected chi connectivity index (χ4v) is 1.46. The third kappa shape index (κ3) is 4.09. The van der Waals surface area contributed by atoms with Gasteiger partial charge in [-0.1, -0.05) is 24.0 Å². The second-order valence-electron chi connectivity index (χ2n) is 3.73. The van der Waals surface area contributed by atoms with E-state index in [0.717, 1.165) is 5.56 Å². The van der Waals surface area contributed by atoms with Crippen molar-refractivity contribution < 1.29 is 9.84 Å². The third-order valence-corrected chi connectivity index (χ3v) is 2.32. The van der Waals surface area contributed by atoms with Crippen LogP contribution in [0, 0.1) is 11.8 Å². The Labute approximate surface area is 112 Å². The SMILES string of the molecule is OCCC#Cc1ccccc1OCc1ncccn1. The van der Waals surface area contributed by atoms with Crippen LogP contribution in [0.2, 0.25) is 0 Å². The average molecular weight is 254 g/mol. The van der Waals surface area contributed by atoms with Crippen LogP contribution in [-0.4, -0.2) is 21.7 Å². The predicted octanol–water partition coefficient (Wildman–Crippen LogP) is 1.79. The topological polar surface area (TPSA) is 55.2 Å². The Balaban J connectivity index is 2.06. The Bertz CT molecular complexity index is 573. The van der Waals surface area contributed by atoms with Crippen LogP contribution in [0.4, 0.5) is 0 Å². The highest BCUT2D eigenvalue weighted by atomic mass is 16.5. The maximum Gasteiger partial charge on any atom is 0.166 e. The van der Waals surface area contributed by atoms with Crippen molar-refractivity contribution in [3.05, 3.63) is 54.1 Å². The Hall–Kier alpha value is -2.38. The van der Waals surface area contributed by atoms with Gasteiger partial charge in [-0.15, -0.1) is 0 Å². The zero-order chi connectivity index (χ0) is 13.3. The van der Waals surface area contributed by atoms with Crippen molar-refractivity contribution in [2.75, 3.05) is 6.61 Å². The molecule has 0 saturated carbocycles. The molecule has 1 N–H and O–H groups in total. The Kier molecular flexibility index (Phi) is 4.91. The van der Waals surface area contributed by atoms with E-state index in [4.69, 9.17) is 9.84 Å². The molecule has 1 aromatic carbocycles. The number of hydrogen-bond donors (Lipinski definition) is 1. The standard InChI is InChI=1S/C15H14N2O2/c18-11-4-3-7-13-6-1-2-8-14(13)19-12-15-16-9-5-10-17-15/h1-2,5-6,8-10,18H,4,11-12H2. The molecule has 0 bridgehead atoms. The molecule has 4 heteroatoms. The summed E-state index contributed by atoms with van der Waals surface area (Å²) < 4.78 is 5.66.